The highest BCUT2D eigenvalue weighted by Gasteiger charge is 2.30. The topological polar surface area (TPSA) is 62.7 Å². The number of allylic oxidation sites excluding steroid dienone is 1. The summed E-state index contributed by atoms with van der Waals surface area (Å²) < 4.78 is 15.9. The van der Waals surface area contributed by atoms with E-state index in [1.807, 2.05) is 17.9 Å². The summed E-state index contributed by atoms with van der Waals surface area (Å²) >= 11 is 0. The molecule has 1 aliphatic heterocycles. The van der Waals surface area contributed by atoms with Gasteiger partial charge in [0.25, 0.3) is 0 Å². The number of aromatic nitrogens is 2. The minimum atomic E-state index is -0.262. The zero-order chi connectivity index (χ0) is 21.7. The van der Waals surface area contributed by atoms with Crippen LogP contribution in [0.15, 0.2) is 47.6 Å². The highest BCUT2D eigenvalue weighted by atomic mass is 19.1. The summed E-state index contributed by atoms with van der Waals surface area (Å²) in [6.07, 6.45) is 5.79. The Morgan fingerprint density at radius 2 is 1.97 bits per heavy atom. The molecule has 0 radical (unpaired) electrons. The fraction of sp³-hybridized carbons (Fsp3) is 0.333. The van der Waals surface area contributed by atoms with Gasteiger partial charge in [0.2, 0.25) is 0 Å². The van der Waals surface area contributed by atoms with E-state index in [4.69, 9.17) is 10.8 Å². The van der Waals surface area contributed by atoms with Crippen molar-refractivity contribution < 1.29 is 4.39 Å². The van der Waals surface area contributed by atoms with Gasteiger partial charge >= 0.3 is 0 Å². The van der Waals surface area contributed by atoms with Gasteiger partial charge in [-0.25, -0.2) is 4.39 Å². The predicted molar refractivity (Wildman–Crippen MR) is 126 cm³/mol. The zero-order valence-electron chi connectivity index (χ0n) is 18.1. The van der Waals surface area contributed by atoms with Crippen LogP contribution in [0.2, 0.25) is 0 Å². The molecular formula is C24H27FN6. The highest BCUT2D eigenvalue weighted by molar-refractivity contribution is 6.10. The fourth-order valence-corrected chi connectivity index (χ4v) is 4.18. The molecule has 2 heterocycles. The van der Waals surface area contributed by atoms with Crippen LogP contribution in [0.5, 0.6) is 0 Å². The third-order valence-electron chi connectivity index (χ3n) is 6.29. The molecule has 5 rings (SSSR count). The molecule has 6 nitrogen and oxygen atoms in total. The van der Waals surface area contributed by atoms with Crippen molar-refractivity contribution in [1.82, 2.24) is 9.78 Å². The van der Waals surface area contributed by atoms with Crippen LogP contribution in [0, 0.1) is 5.82 Å². The first-order valence-corrected chi connectivity index (χ1v) is 10.7. The van der Waals surface area contributed by atoms with Crippen molar-refractivity contribution in [1.29, 1.82) is 0 Å². The van der Waals surface area contributed by atoms with E-state index in [1.54, 1.807) is 18.3 Å². The van der Waals surface area contributed by atoms with E-state index in [2.05, 4.69) is 47.0 Å². The van der Waals surface area contributed by atoms with Crippen LogP contribution in [0.4, 0.5) is 21.6 Å². The molecule has 0 saturated heterocycles. The van der Waals surface area contributed by atoms with Gasteiger partial charge in [0.05, 0.1) is 22.9 Å². The van der Waals surface area contributed by atoms with Crippen molar-refractivity contribution in [3.05, 3.63) is 54.0 Å². The lowest BCUT2D eigenvalue weighted by molar-refractivity contribution is 0.629. The van der Waals surface area contributed by atoms with E-state index < -0.39 is 0 Å². The molecule has 0 amide bonds. The number of nitrogens with zero attached hydrogens (tertiary/aromatic N) is 5. The van der Waals surface area contributed by atoms with Gasteiger partial charge in [0, 0.05) is 50.1 Å². The number of fused-ring (bicyclic) bond motifs is 2. The Morgan fingerprint density at radius 1 is 1.16 bits per heavy atom. The number of rotatable bonds is 4. The second kappa shape index (κ2) is 7.41. The summed E-state index contributed by atoms with van der Waals surface area (Å²) in [5.41, 5.74) is 10.9. The van der Waals surface area contributed by atoms with E-state index in [-0.39, 0.29) is 11.9 Å². The van der Waals surface area contributed by atoms with Crippen LogP contribution in [-0.4, -0.2) is 41.7 Å². The van der Waals surface area contributed by atoms with Gasteiger partial charge in [0.1, 0.15) is 5.82 Å². The molecule has 160 valence electrons. The minimum Gasteiger partial charge on any atom is -0.404 e. The summed E-state index contributed by atoms with van der Waals surface area (Å²) in [4.78, 5) is 9.06. The number of hydrogen-bond acceptors (Lipinski definition) is 5. The summed E-state index contributed by atoms with van der Waals surface area (Å²) in [5.74, 6) is 0.503. The molecule has 1 aliphatic carbocycles. The number of aliphatic imine (C=N–C) groups is 1. The van der Waals surface area contributed by atoms with Gasteiger partial charge in [-0.05, 0) is 55.7 Å². The van der Waals surface area contributed by atoms with Crippen LogP contribution in [0.1, 0.15) is 25.3 Å². The lowest BCUT2D eigenvalue weighted by Gasteiger charge is -2.41. The van der Waals surface area contributed by atoms with E-state index in [9.17, 15) is 4.39 Å². The molecule has 1 fully saturated rings. The van der Waals surface area contributed by atoms with E-state index in [0.29, 0.717) is 6.04 Å². The highest BCUT2D eigenvalue weighted by Crippen LogP contribution is 2.42. The van der Waals surface area contributed by atoms with Gasteiger partial charge in [-0.1, -0.05) is 6.07 Å². The van der Waals surface area contributed by atoms with Gasteiger partial charge in [0.15, 0.2) is 5.82 Å². The molecule has 1 saturated carbocycles. The zero-order valence-corrected chi connectivity index (χ0v) is 18.1. The summed E-state index contributed by atoms with van der Waals surface area (Å²) in [7, 11) is 4.00. The lowest BCUT2D eigenvalue weighted by atomic mass is 10.0. The standard InChI is InChI=1S/C24H27FN6/c1-15-14-31(24-20-11-18(25)5-9-21(20)30(3)28-24)23-10-16(4-8-22(23)29(15)2)17(12-26)13-27-19-6-7-19/h4-5,8-13,15,19H,6-7,14,26H2,1-3H3. The van der Waals surface area contributed by atoms with Gasteiger partial charge in [-0.15, -0.1) is 0 Å². The maximum Gasteiger partial charge on any atom is 0.163 e. The molecule has 0 bridgehead atoms. The monoisotopic (exact) mass is 418 g/mol. The number of nitrogens with two attached hydrogens (primary N) is 1. The Hall–Kier alpha value is -3.35. The smallest absolute Gasteiger partial charge is 0.163 e. The Bertz CT molecular complexity index is 1210. The van der Waals surface area contributed by atoms with Crippen LogP contribution < -0.4 is 15.5 Å². The maximum absolute atomic E-state index is 14.1. The normalized spacial score (nSPS) is 19.5. The van der Waals surface area contributed by atoms with Gasteiger partial charge in [-0.2, -0.15) is 5.10 Å². The summed E-state index contributed by atoms with van der Waals surface area (Å²) in [5, 5.41) is 5.57. The van der Waals surface area contributed by atoms with Gasteiger partial charge < -0.3 is 15.5 Å². The van der Waals surface area contributed by atoms with Crippen LogP contribution in [0.25, 0.3) is 16.5 Å². The molecular weight excluding hydrogens is 391 g/mol. The first-order chi connectivity index (χ1) is 15.0. The number of aryl methyl sites for hydroxylation is 1. The second-order valence-electron chi connectivity index (χ2n) is 8.51. The number of anilines is 3. The summed E-state index contributed by atoms with van der Waals surface area (Å²) in [6.45, 7) is 2.93. The Morgan fingerprint density at radius 3 is 2.71 bits per heavy atom. The molecule has 1 atom stereocenters. The SMILES string of the molecule is CC1CN(c2nn(C)c3ccc(F)cc23)c2cc(C(C=NC3CC3)=CN)ccc2N1C. The third-order valence-corrected chi connectivity index (χ3v) is 6.29. The Balaban J connectivity index is 1.64. The van der Waals surface area contributed by atoms with Crippen molar-refractivity contribution in [2.75, 3.05) is 23.4 Å². The average molecular weight is 419 g/mol. The predicted octanol–water partition coefficient (Wildman–Crippen LogP) is 4.22. The number of hydrogen-bond donors (Lipinski definition) is 1. The van der Waals surface area contributed by atoms with Crippen molar-refractivity contribution in [3.8, 4) is 0 Å². The summed E-state index contributed by atoms with van der Waals surface area (Å²) in [6, 6.07) is 11.9. The molecule has 0 spiro atoms. The quantitative estimate of drug-likeness (QED) is 0.645. The maximum atomic E-state index is 14.1. The van der Waals surface area contributed by atoms with Crippen molar-refractivity contribution in [3.63, 3.8) is 0 Å². The number of halogens is 1. The van der Waals surface area contributed by atoms with E-state index in [1.165, 1.54) is 6.07 Å². The Labute approximate surface area is 181 Å². The van der Waals surface area contributed by atoms with E-state index in [0.717, 1.165) is 58.6 Å². The molecule has 3 aromatic rings. The number of benzene rings is 2. The molecule has 2 aromatic carbocycles. The van der Waals surface area contributed by atoms with E-state index >= 15 is 0 Å². The van der Waals surface area contributed by atoms with Gasteiger partial charge in [-0.3, -0.25) is 9.67 Å². The van der Waals surface area contributed by atoms with Crippen molar-refractivity contribution in [2.45, 2.75) is 31.8 Å². The third kappa shape index (κ3) is 3.44. The molecule has 1 aromatic heterocycles. The Kier molecular flexibility index (Phi) is 4.68. The number of likely N-dealkylation sites (N-methyl/N-ethyl adjacent to an activating group) is 1. The largest absolute Gasteiger partial charge is 0.404 e. The minimum absolute atomic E-state index is 0.262. The molecule has 2 N–H and O–H groups in total. The first-order valence-electron chi connectivity index (χ1n) is 10.7. The van der Waals surface area contributed by atoms with Crippen LogP contribution >= 0.6 is 0 Å². The first kappa shape index (κ1) is 19.6. The fourth-order valence-electron chi connectivity index (χ4n) is 4.18. The lowest BCUT2D eigenvalue weighted by Crippen LogP contribution is -2.44. The molecule has 2 aliphatic rings. The van der Waals surface area contributed by atoms with Crippen molar-refractivity contribution >= 4 is 39.9 Å². The molecule has 7 heteroatoms. The van der Waals surface area contributed by atoms with Crippen LogP contribution in [-0.2, 0) is 7.05 Å². The molecule has 1 unspecified atom stereocenters. The van der Waals surface area contributed by atoms with Crippen LogP contribution in [0.3, 0.4) is 0 Å². The second-order valence-corrected chi connectivity index (χ2v) is 8.51. The molecule has 31 heavy (non-hydrogen) atoms. The average Bonchev–Trinajstić information content (AvgIpc) is 3.54. The van der Waals surface area contributed by atoms with Crippen molar-refractivity contribution in [2.24, 2.45) is 17.8 Å².